The van der Waals surface area contributed by atoms with Gasteiger partial charge in [0.15, 0.2) is 0 Å². The molecule has 3 rings (SSSR count). The summed E-state index contributed by atoms with van der Waals surface area (Å²) in [5, 5.41) is 5.87. The first-order valence-corrected chi connectivity index (χ1v) is 6.57. The molecule has 2 aromatic carbocycles. The van der Waals surface area contributed by atoms with E-state index in [9.17, 15) is 4.79 Å². The van der Waals surface area contributed by atoms with E-state index in [-0.39, 0.29) is 5.91 Å². The van der Waals surface area contributed by atoms with E-state index < -0.39 is 0 Å². The van der Waals surface area contributed by atoms with Gasteiger partial charge in [0, 0.05) is 11.8 Å². The Morgan fingerprint density at radius 3 is 2.67 bits per heavy atom. The average Bonchev–Trinajstić information content (AvgIpc) is 2.55. The fourth-order valence-electron chi connectivity index (χ4n) is 2.09. The van der Waals surface area contributed by atoms with Gasteiger partial charge in [-0.15, -0.1) is 0 Å². The Morgan fingerprint density at radius 1 is 1.00 bits per heavy atom. The Labute approximate surface area is 122 Å². The molecule has 3 aromatic rings. The van der Waals surface area contributed by atoms with Crippen molar-refractivity contribution in [3.8, 4) is 0 Å². The maximum Gasteiger partial charge on any atom is 0.271 e. The number of hydrogen-bond donors (Lipinski definition) is 1. The largest absolute Gasteiger partial charge is 0.271 e. The zero-order chi connectivity index (χ0) is 14.5. The molecule has 0 unspecified atom stereocenters. The SMILES string of the molecule is O=C(NN=Cc1ccccn1)c1cccc2ccccc12. The van der Waals surface area contributed by atoms with Crippen LogP contribution >= 0.6 is 0 Å². The number of benzene rings is 2. The van der Waals surface area contributed by atoms with Gasteiger partial charge >= 0.3 is 0 Å². The number of nitrogens with one attached hydrogen (secondary N) is 1. The van der Waals surface area contributed by atoms with Crippen molar-refractivity contribution in [3.05, 3.63) is 78.1 Å². The summed E-state index contributed by atoms with van der Waals surface area (Å²) in [6.45, 7) is 0. The number of fused-ring (bicyclic) bond motifs is 1. The van der Waals surface area contributed by atoms with Crippen LogP contribution in [0.3, 0.4) is 0 Å². The van der Waals surface area contributed by atoms with Crippen LogP contribution in [0, 0.1) is 0 Å². The number of amides is 1. The van der Waals surface area contributed by atoms with Crippen LogP contribution in [0.2, 0.25) is 0 Å². The maximum absolute atomic E-state index is 12.2. The minimum atomic E-state index is -0.237. The fraction of sp³-hybridized carbons (Fsp3) is 0. The normalized spacial score (nSPS) is 10.9. The number of nitrogens with zero attached hydrogens (tertiary/aromatic N) is 2. The molecule has 0 bridgehead atoms. The summed E-state index contributed by atoms with van der Waals surface area (Å²) in [6, 6.07) is 18.9. The van der Waals surface area contributed by atoms with E-state index in [2.05, 4.69) is 15.5 Å². The zero-order valence-electron chi connectivity index (χ0n) is 11.2. The lowest BCUT2D eigenvalue weighted by atomic mass is 10.0. The van der Waals surface area contributed by atoms with Crippen molar-refractivity contribution in [1.82, 2.24) is 10.4 Å². The summed E-state index contributed by atoms with van der Waals surface area (Å²) >= 11 is 0. The fourth-order valence-corrected chi connectivity index (χ4v) is 2.09. The molecule has 1 aromatic heterocycles. The molecule has 1 N–H and O–H groups in total. The zero-order valence-corrected chi connectivity index (χ0v) is 11.2. The molecule has 4 nitrogen and oxygen atoms in total. The van der Waals surface area contributed by atoms with E-state index in [1.807, 2.05) is 54.6 Å². The number of hydrogen-bond acceptors (Lipinski definition) is 3. The van der Waals surface area contributed by atoms with Gasteiger partial charge < -0.3 is 0 Å². The standard InChI is InChI=1S/C17H13N3O/c21-17(20-19-12-14-8-3-4-11-18-14)16-10-5-7-13-6-1-2-9-15(13)16/h1-12H,(H,20,21). The predicted octanol–water partition coefficient (Wildman–Crippen LogP) is 3.00. The van der Waals surface area contributed by atoms with Crippen LogP contribution in [0.1, 0.15) is 16.1 Å². The number of carbonyl (C=O) groups is 1. The molecule has 0 aliphatic carbocycles. The monoisotopic (exact) mass is 275 g/mol. The Bertz CT molecular complexity index is 792. The van der Waals surface area contributed by atoms with Crippen molar-refractivity contribution in [2.75, 3.05) is 0 Å². The van der Waals surface area contributed by atoms with Crippen molar-refractivity contribution in [3.63, 3.8) is 0 Å². The van der Waals surface area contributed by atoms with Crippen LogP contribution in [0.15, 0.2) is 72.0 Å². The first-order valence-electron chi connectivity index (χ1n) is 6.57. The van der Waals surface area contributed by atoms with E-state index in [0.717, 1.165) is 10.8 Å². The molecule has 0 spiro atoms. The molecule has 0 aliphatic rings. The van der Waals surface area contributed by atoms with E-state index in [1.165, 1.54) is 6.21 Å². The average molecular weight is 275 g/mol. The first kappa shape index (κ1) is 13.0. The summed E-state index contributed by atoms with van der Waals surface area (Å²) in [7, 11) is 0. The van der Waals surface area contributed by atoms with Gasteiger partial charge in [0.2, 0.25) is 0 Å². The van der Waals surface area contributed by atoms with E-state index in [4.69, 9.17) is 0 Å². The second kappa shape index (κ2) is 5.96. The molecule has 102 valence electrons. The third-order valence-electron chi connectivity index (χ3n) is 3.08. The van der Waals surface area contributed by atoms with Crippen LogP contribution < -0.4 is 5.43 Å². The van der Waals surface area contributed by atoms with E-state index >= 15 is 0 Å². The third-order valence-corrected chi connectivity index (χ3v) is 3.08. The van der Waals surface area contributed by atoms with Crippen molar-refractivity contribution in [1.29, 1.82) is 0 Å². The molecule has 4 heteroatoms. The predicted molar refractivity (Wildman–Crippen MR) is 83.2 cm³/mol. The number of carbonyl (C=O) groups excluding carboxylic acids is 1. The molecule has 1 heterocycles. The molecule has 21 heavy (non-hydrogen) atoms. The highest BCUT2D eigenvalue weighted by Crippen LogP contribution is 2.18. The van der Waals surface area contributed by atoms with Gasteiger partial charge in [-0.05, 0) is 29.0 Å². The lowest BCUT2D eigenvalue weighted by Gasteiger charge is -2.04. The van der Waals surface area contributed by atoms with Gasteiger partial charge in [0.25, 0.3) is 5.91 Å². The Balaban J connectivity index is 1.80. The minimum Gasteiger partial charge on any atom is -0.267 e. The molecule has 0 saturated heterocycles. The van der Waals surface area contributed by atoms with Crippen LogP contribution in [0.4, 0.5) is 0 Å². The van der Waals surface area contributed by atoms with Crippen molar-refractivity contribution in [2.45, 2.75) is 0 Å². The Hall–Kier alpha value is -3.01. The highest BCUT2D eigenvalue weighted by molar-refractivity contribution is 6.07. The molecule has 0 radical (unpaired) electrons. The second-order valence-corrected chi connectivity index (χ2v) is 4.48. The quantitative estimate of drug-likeness (QED) is 0.590. The highest BCUT2D eigenvalue weighted by atomic mass is 16.2. The molecule has 1 amide bonds. The lowest BCUT2D eigenvalue weighted by molar-refractivity contribution is 0.0957. The van der Waals surface area contributed by atoms with Gasteiger partial charge in [0.05, 0.1) is 11.9 Å². The summed E-state index contributed by atoms with van der Waals surface area (Å²) in [5.74, 6) is -0.237. The molecule has 0 aliphatic heterocycles. The molecular weight excluding hydrogens is 262 g/mol. The number of aromatic nitrogens is 1. The topological polar surface area (TPSA) is 54.4 Å². The molecule has 0 saturated carbocycles. The number of hydrazone groups is 1. The summed E-state index contributed by atoms with van der Waals surface area (Å²) in [4.78, 5) is 16.3. The minimum absolute atomic E-state index is 0.237. The van der Waals surface area contributed by atoms with Crippen LogP contribution in [0.5, 0.6) is 0 Å². The first-order chi connectivity index (χ1) is 10.3. The van der Waals surface area contributed by atoms with Crippen LogP contribution in [-0.2, 0) is 0 Å². The molecular formula is C17H13N3O. The van der Waals surface area contributed by atoms with Crippen LogP contribution in [-0.4, -0.2) is 17.1 Å². The van der Waals surface area contributed by atoms with Crippen molar-refractivity contribution >= 4 is 22.9 Å². The highest BCUT2D eigenvalue weighted by Gasteiger charge is 2.08. The Kier molecular flexibility index (Phi) is 3.69. The van der Waals surface area contributed by atoms with E-state index in [1.54, 1.807) is 12.3 Å². The van der Waals surface area contributed by atoms with E-state index in [0.29, 0.717) is 11.3 Å². The number of rotatable bonds is 3. The third kappa shape index (κ3) is 2.95. The van der Waals surface area contributed by atoms with Gasteiger partial charge in [-0.2, -0.15) is 5.10 Å². The smallest absolute Gasteiger partial charge is 0.267 e. The maximum atomic E-state index is 12.2. The van der Waals surface area contributed by atoms with Gasteiger partial charge in [-0.3, -0.25) is 9.78 Å². The summed E-state index contributed by atoms with van der Waals surface area (Å²) < 4.78 is 0. The molecule has 0 atom stereocenters. The van der Waals surface area contributed by atoms with Gasteiger partial charge in [-0.1, -0.05) is 42.5 Å². The van der Waals surface area contributed by atoms with Gasteiger partial charge in [-0.25, -0.2) is 5.43 Å². The summed E-state index contributed by atoms with van der Waals surface area (Å²) in [5.41, 5.74) is 3.82. The van der Waals surface area contributed by atoms with Crippen molar-refractivity contribution in [2.24, 2.45) is 5.10 Å². The lowest BCUT2D eigenvalue weighted by Crippen LogP contribution is -2.18. The Morgan fingerprint density at radius 2 is 1.81 bits per heavy atom. The second-order valence-electron chi connectivity index (χ2n) is 4.48. The van der Waals surface area contributed by atoms with Crippen molar-refractivity contribution < 1.29 is 4.79 Å². The van der Waals surface area contributed by atoms with Crippen LogP contribution in [0.25, 0.3) is 10.8 Å². The molecule has 0 fully saturated rings. The summed E-state index contributed by atoms with van der Waals surface area (Å²) in [6.07, 6.45) is 3.19. The number of pyridine rings is 1. The van der Waals surface area contributed by atoms with Gasteiger partial charge in [0.1, 0.15) is 0 Å².